The molecule has 2 N–H and O–H groups in total. The predicted octanol–water partition coefficient (Wildman–Crippen LogP) is 2.07. The summed E-state index contributed by atoms with van der Waals surface area (Å²) in [5, 5.41) is 0. The molecule has 76 valence electrons. The number of aryl methyl sites for hydroxylation is 1. The smallest absolute Gasteiger partial charge is 0.121 e. The molecule has 14 heavy (non-hydrogen) atoms. The number of benzene rings is 1. The van der Waals surface area contributed by atoms with Crippen molar-refractivity contribution in [1.82, 2.24) is 0 Å². The van der Waals surface area contributed by atoms with Gasteiger partial charge in [0.05, 0.1) is 7.11 Å². The minimum atomic E-state index is 0.699. The fourth-order valence-electron chi connectivity index (χ4n) is 2.05. The van der Waals surface area contributed by atoms with Crippen LogP contribution in [0.25, 0.3) is 0 Å². The highest BCUT2D eigenvalue weighted by Crippen LogP contribution is 2.47. The van der Waals surface area contributed by atoms with Gasteiger partial charge in [-0.05, 0) is 48.9 Å². The second-order valence-electron chi connectivity index (χ2n) is 4.07. The molecule has 2 nitrogen and oxygen atoms in total. The maximum absolute atomic E-state index is 5.63. The quantitative estimate of drug-likeness (QED) is 0.793. The number of nitrogens with two attached hydrogens (primary N) is 1. The van der Waals surface area contributed by atoms with Gasteiger partial charge in [-0.2, -0.15) is 0 Å². The van der Waals surface area contributed by atoms with Crippen LogP contribution in [-0.4, -0.2) is 13.7 Å². The molecule has 2 rings (SSSR count). The van der Waals surface area contributed by atoms with Gasteiger partial charge in [0.2, 0.25) is 0 Å². The van der Waals surface area contributed by atoms with Crippen LogP contribution in [0.1, 0.15) is 23.5 Å². The van der Waals surface area contributed by atoms with Crippen molar-refractivity contribution in [1.29, 1.82) is 0 Å². The molecule has 1 aromatic rings. The molecule has 1 saturated carbocycles. The van der Waals surface area contributed by atoms with E-state index in [0.29, 0.717) is 11.8 Å². The van der Waals surface area contributed by atoms with E-state index in [0.717, 1.165) is 12.3 Å². The van der Waals surface area contributed by atoms with E-state index < -0.39 is 0 Å². The van der Waals surface area contributed by atoms with E-state index in [2.05, 4.69) is 25.1 Å². The van der Waals surface area contributed by atoms with E-state index in [9.17, 15) is 0 Å². The Kier molecular flexibility index (Phi) is 2.46. The van der Waals surface area contributed by atoms with Crippen molar-refractivity contribution in [2.75, 3.05) is 13.7 Å². The second-order valence-corrected chi connectivity index (χ2v) is 4.07. The van der Waals surface area contributed by atoms with Crippen LogP contribution in [0.3, 0.4) is 0 Å². The van der Waals surface area contributed by atoms with Gasteiger partial charge < -0.3 is 10.5 Å². The Morgan fingerprint density at radius 1 is 1.50 bits per heavy atom. The molecule has 2 atom stereocenters. The van der Waals surface area contributed by atoms with Crippen LogP contribution in [0, 0.1) is 12.8 Å². The van der Waals surface area contributed by atoms with E-state index in [1.165, 1.54) is 17.5 Å². The van der Waals surface area contributed by atoms with Crippen LogP contribution >= 0.6 is 0 Å². The largest absolute Gasteiger partial charge is 0.496 e. The number of hydrogen-bond donors (Lipinski definition) is 1. The van der Waals surface area contributed by atoms with Crippen molar-refractivity contribution in [2.45, 2.75) is 19.3 Å². The van der Waals surface area contributed by atoms with E-state index in [1.807, 2.05) is 0 Å². The zero-order chi connectivity index (χ0) is 10.1. The summed E-state index contributed by atoms with van der Waals surface area (Å²) < 4.78 is 5.23. The highest BCUT2D eigenvalue weighted by molar-refractivity contribution is 5.39. The fraction of sp³-hybridized carbons (Fsp3) is 0.500. The first kappa shape index (κ1) is 9.53. The summed E-state index contributed by atoms with van der Waals surface area (Å²) in [6.07, 6.45) is 1.25. The molecule has 0 unspecified atom stereocenters. The molecule has 1 aliphatic carbocycles. The van der Waals surface area contributed by atoms with E-state index in [4.69, 9.17) is 10.5 Å². The Morgan fingerprint density at radius 3 is 2.79 bits per heavy atom. The average molecular weight is 191 g/mol. The lowest BCUT2D eigenvalue weighted by atomic mass is 10.1. The molecule has 0 spiro atoms. The van der Waals surface area contributed by atoms with Gasteiger partial charge in [-0.1, -0.05) is 12.1 Å². The standard InChI is InChI=1S/C12H17NO/c1-8-5-9(3-4-12(8)14-2)11-6-10(11)7-13/h3-5,10-11H,6-7,13H2,1-2H3/t10-,11-/m0/s1. The minimum Gasteiger partial charge on any atom is -0.496 e. The lowest BCUT2D eigenvalue weighted by Gasteiger charge is -2.06. The van der Waals surface area contributed by atoms with Crippen LogP contribution in [-0.2, 0) is 0 Å². The molecule has 1 aliphatic rings. The normalized spacial score (nSPS) is 24.8. The van der Waals surface area contributed by atoms with Crippen molar-refractivity contribution in [3.63, 3.8) is 0 Å². The molecule has 1 fully saturated rings. The van der Waals surface area contributed by atoms with Gasteiger partial charge >= 0.3 is 0 Å². The summed E-state index contributed by atoms with van der Waals surface area (Å²) in [7, 11) is 1.71. The first-order valence-corrected chi connectivity index (χ1v) is 5.11. The maximum Gasteiger partial charge on any atom is 0.121 e. The van der Waals surface area contributed by atoms with Crippen molar-refractivity contribution >= 4 is 0 Å². The Balaban J connectivity index is 2.17. The molecule has 0 heterocycles. The lowest BCUT2D eigenvalue weighted by Crippen LogP contribution is -2.02. The topological polar surface area (TPSA) is 35.2 Å². The molecular weight excluding hydrogens is 174 g/mol. The Hall–Kier alpha value is -1.02. The van der Waals surface area contributed by atoms with Crippen molar-refractivity contribution < 1.29 is 4.74 Å². The Labute approximate surface area is 85.1 Å². The van der Waals surface area contributed by atoms with Gasteiger partial charge in [-0.15, -0.1) is 0 Å². The first-order valence-electron chi connectivity index (χ1n) is 5.11. The zero-order valence-electron chi connectivity index (χ0n) is 8.79. The molecular formula is C12H17NO. The van der Waals surface area contributed by atoms with E-state index >= 15 is 0 Å². The molecule has 0 aromatic heterocycles. The maximum atomic E-state index is 5.63. The van der Waals surface area contributed by atoms with E-state index in [1.54, 1.807) is 7.11 Å². The monoisotopic (exact) mass is 191 g/mol. The van der Waals surface area contributed by atoms with Gasteiger partial charge in [0.1, 0.15) is 5.75 Å². The van der Waals surface area contributed by atoms with Gasteiger partial charge in [-0.25, -0.2) is 0 Å². The Bertz CT molecular complexity index is 335. The van der Waals surface area contributed by atoms with Gasteiger partial charge in [0.25, 0.3) is 0 Å². The fourth-order valence-corrected chi connectivity index (χ4v) is 2.05. The van der Waals surface area contributed by atoms with Crippen molar-refractivity contribution in [3.8, 4) is 5.75 Å². The van der Waals surface area contributed by atoms with Gasteiger partial charge in [0, 0.05) is 0 Å². The van der Waals surface area contributed by atoms with Crippen LogP contribution in [0.4, 0.5) is 0 Å². The predicted molar refractivity (Wildman–Crippen MR) is 57.6 cm³/mol. The van der Waals surface area contributed by atoms with Crippen molar-refractivity contribution in [2.24, 2.45) is 11.7 Å². The molecule has 0 saturated heterocycles. The molecule has 0 aliphatic heterocycles. The van der Waals surface area contributed by atoms with Gasteiger partial charge in [-0.3, -0.25) is 0 Å². The summed E-state index contributed by atoms with van der Waals surface area (Å²) in [4.78, 5) is 0. The molecule has 0 radical (unpaired) electrons. The number of ether oxygens (including phenoxy) is 1. The van der Waals surface area contributed by atoms with Gasteiger partial charge in [0.15, 0.2) is 0 Å². The number of hydrogen-bond acceptors (Lipinski definition) is 2. The SMILES string of the molecule is COc1ccc([C@@H]2C[C@H]2CN)cc1C. The highest BCUT2D eigenvalue weighted by atomic mass is 16.5. The molecule has 2 heteroatoms. The van der Waals surface area contributed by atoms with Crippen molar-refractivity contribution in [3.05, 3.63) is 29.3 Å². The summed E-state index contributed by atoms with van der Waals surface area (Å²) in [6.45, 7) is 2.90. The lowest BCUT2D eigenvalue weighted by molar-refractivity contribution is 0.411. The third-order valence-electron chi connectivity index (χ3n) is 3.07. The average Bonchev–Trinajstić information content (AvgIpc) is 2.96. The third kappa shape index (κ3) is 1.62. The summed E-state index contributed by atoms with van der Waals surface area (Å²) in [5.74, 6) is 2.38. The van der Waals surface area contributed by atoms with Crippen LogP contribution in [0.15, 0.2) is 18.2 Å². The van der Waals surface area contributed by atoms with Crippen LogP contribution in [0.5, 0.6) is 5.75 Å². The molecule has 0 bridgehead atoms. The summed E-state index contributed by atoms with van der Waals surface area (Å²) in [6, 6.07) is 6.43. The zero-order valence-corrected chi connectivity index (χ0v) is 8.79. The van der Waals surface area contributed by atoms with E-state index in [-0.39, 0.29) is 0 Å². The number of rotatable bonds is 3. The summed E-state index contributed by atoms with van der Waals surface area (Å²) >= 11 is 0. The Morgan fingerprint density at radius 2 is 2.29 bits per heavy atom. The minimum absolute atomic E-state index is 0.699. The highest BCUT2D eigenvalue weighted by Gasteiger charge is 2.36. The molecule has 1 aromatic carbocycles. The van der Waals surface area contributed by atoms with Crippen LogP contribution in [0.2, 0.25) is 0 Å². The summed E-state index contributed by atoms with van der Waals surface area (Å²) in [5.41, 5.74) is 8.26. The van der Waals surface area contributed by atoms with Crippen LogP contribution < -0.4 is 10.5 Å². The first-order chi connectivity index (χ1) is 6.76. The number of methoxy groups -OCH3 is 1. The third-order valence-corrected chi connectivity index (χ3v) is 3.07. The molecule has 0 amide bonds. The second kappa shape index (κ2) is 3.62.